The van der Waals surface area contributed by atoms with Crippen LogP contribution in [0.2, 0.25) is 0 Å². The number of hydrogen-bond acceptors (Lipinski definition) is 5. The van der Waals surface area contributed by atoms with Crippen molar-refractivity contribution < 1.29 is 9.59 Å². The summed E-state index contributed by atoms with van der Waals surface area (Å²) in [6, 6.07) is 11.2. The van der Waals surface area contributed by atoms with Gasteiger partial charge in [0, 0.05) is 42.9 Å². The minimum Gasteiger partial charge on any atom is -0.313 e. The van der Waals surface area contributed by atoms with E-state index in [1.54, 1.807) is 31.6 Å². The van der Waals surface area contributed by atoms with Gasteiger partial charge in [-0.05, 0) is 25.0 Å². The molecule has 0 aliphatic heterocycles. The Morgan fingerprint density at radius 3 is 2.21 bits per heavy atom. The molecule has 0 radical (unpaired) electrons. The zero-order valence-electron chi connectivity index (χ0n) is 16.9. The first-order valence-electron chi connectivity index (χ1n) is 9.61. The Bertz CT molecular complexity index is 981. The molecule has 6 heteroatoms. The van der Waals surface area contributed by atoms with Crippen LogP contribution in [0, 0.1) is 6.92 Å². The normalized spacial score (nSPS) is 10.6. The van der Waals surface area contributed by atoms with Gasteiger partial charge in [0.2, 0.25) is 5.91 Å². The van der Waals surface area contributed by atoms with Gasteiger partial charge in [-0.1, -0.05) is 37.3 Å². The van der Waals surface area contributed by atoms with E-state index >= 15 is 0 Å². The quantitative estimate of drug-likeness (QED) is 0.571. The van der Waals surface area contributed by atoms with E-state index in [2.05, 4.69) is 15.0 Å². The van der Waals surface area contributed by atoms with Crippen LogP contribution in [0.5, 0.6) is 0 Å². The number of carbonyl (C=O) groups excluding carboxylic acids is 2. The molecule has 0 N–H and O–H groups in total. The highest BCUT2D eigenvalue weighted by Crippen LogP contribution is 2.19. The van der Waals surface area contributed by atoms with Crippen LogP contribution in [0.15, 0.2) is 55.0 Å². The van der Waals surface area contributed by atoms with Crippen LogP contribution >= 0.6 is 0 Å². The Morgan fingerprint density at radius 2 is 1.62 bits per heavy atom. The number of hydrogen-bond donors (Lipinski definition) is 0. The number of anilines is 1. The highest BCUT2D eigenvalue weighted by molar-refractivity contribution is 5.96. The summed E-state index contributed by atoms with van der Waals surface area (Å²) in [5.74, 6) is 0.648. The second-order valence-corrected chi connectivity index (χ2v) is 6.88. The SMILES string of the molecule is CCC(=O)N(C)c1cnc(-c2ccc(C(=O)CCc3ccc(C)nc3)cc2)nc1. The van der Waals surface area contributed by atoms with E-state index in [1.807, 2.05) is 44.3 Å². The van der Waals surface area contributed by atoms with Crippen LogP contribution in [0.25, 0.3) is 11.4 Å². The van der Waals surface area contributed by atoms with Crippen molar-refractivity contribution >= 4 is 17.4 Å². The highest BCUT2D eigenvalue weighted by Gasteiger charge is 2.11. The maximum atomic E-state index is 12.5. The predicted molar refractivity (Wildman–Crippen MR) is 113 cm³/mol. The number of aromatic nitrogens is 3. The maximum absolute atomic E-state index is 12.5. The lowest BCUT2D eigenvalue weighted by atomic mass is 10.0. The molecule has 1 aromatic carbocycles. The monoisotopic (exact) mass is 388 g/mol. The standard InChI is InChI=1S/C23H24N4O2/c1-4-22(29)27(3)20-14-25-23(26-15-20)19-10-8-18(9-11-19)21(28)12-7-17-6-5-16(2)24-13-17/h5-6,8-11,13-15H,4,7,12H2,1-3H3. The van der Waals surface area contributed by atoms with E-state index < -0.39 is 0 Å². The van der Waals surface area contributed by atoms with Gasteiger partial charge in [0.1, 0.15) is 0 Å². The van der Waals surface area contributed by atoms with Gasteiger partial charge in [0.15, 0.2) is 11.6 Å². The average Bonchev–Trinajstić information content (AvgIpc) is 2.77. The van der Waals surface area contributed by atoms with Gasteiger partial charge in [-0.15, -0.1) is 0 Å². The number of pyridine rings is 1. The fraction of sp³-hybridized carbons (Fsp3) is 0.261. The molecular weight excluding hydrogens is 364 g/mol. The van der Waals surface area contributed by atoms with E-state index in [4.69, 9.17) is 0 Å². The van der Waals surface area contributed by atoms with Crippen LogP contribution in [-0.4, -0.2) is 33.7 Å². The van der Waals surface area contributed by atoms with Crippen molar-refractivity contribution in [1.29, 1.82) is 0 Å². The van der Waals surface area contributed by atoms with Gasteiger partial charge in [-0.2, -0.15) is 0 Å². The van der Waals surface area contributed by atoms with Crippen LogP contribution in [0.3, 0.4) is 0 Å². The summed E-state index contributed by atoms with van der Waals surface area (Å²) in [5, 5.41) is 0. The van der Waals surface area contributed by atoms with Crippen molar-refractivity contribution in [2.75, 3.05) is 11.9 Å². The molecule has 29 heavy (non-hydrogen) atoms. The van der Waals surface area contributed by atoms with Crippen LogP contribution in [-0.2, 0) is 11.2 Å². The molecule has 2 aromatic heterocycles. The number of carbonyl (C=O) groups is 2. The van der Waals surface area contributed by atoms with Crippen molar-refractivity contribution in [3.63, 3.8) is 0 Å². The third-order valence-corrected chi connectivity index (χ3v) is 4.78. The largest absolute Gasteiger partial charge is 0.313 e. The summed E-state index contributed by atoms with van der Waals surface area (Å²) < 4.78 is 0. The summed E-state index contributed by atoms with van der Waals surface area (Å²) in [5.41, 5.74) is 4.16. The number of benzene rings is 1. The molecule has 0 saturated heterocycles. The molecule has 0 aliphatic carbocycles. The van der Waals surface area contributed by atoms with Gasteiger partial charge in [-0.3, -0.25) is 14.6 Å². The molecule has 0 spiro atoms. The van der Waals surface area contributed by atoms with Crippen LogP contribution in [0.1, 0.15) is 41.4 Å². The first-order chi connectivity index (χ1) is 14.0. The minimum atomic E-state index is 0.00522. The van der Waals surface area contributed by atoms with E-state index in [9.17, 15) is 9.59 Å². The molecule has 0 unspecified atom stereocenters. The number of rotatable bonds is 7. The molecule has 1 amide bonds. The third kappa shape index (κ3) is 5.10. The lowest BCUT2D eigenvalue weighted by molar-refractivity contribution is -0.118. The molecule has 148 valence electrons. The van der Waals surface area contributed by atoms with Crippen molar-refractivity contribution in [1.82, 2.24) is 15.0 Å². The van der Waals surface area contributed by atoms with Gasteiger partial charge in [-0.25, -0.2) is 9.97 Å². The fourth-order valence-electron chi connectivity index (χ4n) is 2.88. The average molecular weight is 388 g/mol. The molecule has 6 nitrogen and oxygen atoms in total. The summed E-state index contributed by atoms with van der Waals surface area (Å²) >= 11 is 0. The lowest BCUT2D eigenvalue weighted by Crippen LogP contribution is -2.25. The van der Waals surface area contributed by atoms with Crippen molar-refractivity contribution in [2.24, 2.45) is 0 Å². The van der Waals surface area contributed by atoms with Crippen molar-refractivity contribution in [2.45, 2.75) is 33.1 Å². The number of Topliss-reactive ketones (excluding diaryl/α,β-unsaturated/α-hetero) is 1. The molecule has 0 aliphatic rings. The second-order valence-electron chi connectivity index (χ2n) is 6.88. The van der Waals surface area contributed by atoms with Gasteiger partial charge in [0.05, 0.1) is 18.1 Å². The van der Waals surface area contributed by atoms with Gasteiger partial charge in [0.25, 0.3) is 0 Å². The molecular formula is C23H24N4O2. The first-order valence-corrected chi connectivity index (χ1v) is 9.61. The summed E-state index contributed by atoms with van der Waals surface area (Å²) in [4.78, 5) is 38.7. The Morgan fingerprint density at radius 1 is 0.931 bits per heavy atom. The Hall–Kier alpha value is -3.41. The van der Waals surface area contributed by atoms with Gasteiger partial charge >= 0.3 is 0 Å². The number of ketones is 1. The number of amides is 1. The molecule has 3 aromatic rings. The zero-order valence-corrected chi connectivity index (χ0v) is 16.9. The molecule has 0 saturated carbocycles. The fourth-order valence-corrected chi connectivity index (χ4v) is 2.88. The van der Waals surface area contributed by atoms with Crippen molar-refractivity contribution in [3.05, 3.63) is 71.8 Å². The lowest BCUT2D eigenvalue weighted by Gasteiger charge is -2.15. The summed E-state index contributed by atoms with van der Waals surface area (Å²) in [6.07, 6.45) is 6.61. The Balaban J connectivity index is 1.64. The van der Waals surface area contributed by atoms with Gasteiger partial charge < -0.3 is 4.90 Å². The first kappa shape index (κ1) is 20.3. The van der Waals surface area contributed by atoms with E-state index in [0.29, 0.717) is 36.3 Å². The zero-order chi connectivity index (χ0) is 20.8. The topological polar surface area (TPSA) is 76.1 Å². The molecule has 0 fully saturated rings. The second kappa shape index (κ2) is 9.19. The Labute approximate surface area is 170 Å². The van der Waals surface area contributed by atoms with E-state index in [0.717, 1.165) is 16.8 Å². The van der Waals surface area contributed by atoms with E-state index in [1.165, 1.54) is 4.90 Å². The van der Waals surface area contributed by atoms with Crippen LogP contribution in [0.4, 0.5) is 5.69 Å². The maximum Gasteiger partial charge on any atom is 0.226 e. The highest BCUT2D eigenvalue weighted by atomic mass is 16.2. The predicted octanol–water partition coefficient (Wildman–Crippen LogP) is 4.04. The molecule has 0 atom stereocenters. The Kier molecular flexibility index (Phi) is 6.44. The third-order valence-electron chi connectivity index (χ3n) is 4.78. The smallest absolute Gasteiger partial charge is 0.226 e. The van der Waals surface area contributed by atoms with E-state index in [-0.39, 0.29) is 11.7 Å². The number of nitrogens with zero attached hydrogens (tertiary/aromatic N) is 4. The van der Waals surface area contributed by atoms with Crippen LogP contribution < -0.4 is 4.90 Å². The molecule has 0 bridgehead atoms. The summed E-state index contributed by atoms with van der Waals surface area (Å²) in [6.45, 7) is 3.76. The minimum absolute atomic E-state index is 0.00522. The number of aryl methyl sites for hydroxylation is 2. The molecule has 2 heterocycles. The van der Waals surface area contributed by atoms with Crippen molar-refractivity contribution in [3.8, 4) is 11.4 Å². The summed E-state index contributed by atoms with van der Waals surface area (Å²) in [7, 11) is 1.71. The molecule has 3 rings (SSSR count).